The molecule has 28 heavy (non-hydrogen) atoms. The second kappa shape index (κ2) is 7.55. The number of halogens is 14. The van der Waals surface area contributed by atoms with Gasteiger partial charge < -0.3 is 4.74 Å². The van der Waals surface area contributed by atoms with Crippen molar-refractivity contribution in [1.29, 1.82) is 0 Å². The minimum absolute atomic E-state index is 0.151. The Kier molecular flexibility index (Phi) is 7.06. The second-order valence-electron chi connectivity index (χ2n) is 4.72. The van der Waals surface area contributed by atoms with Gasteiger partial charge in [-0.3, -0.25) is 4.74 Å². The molecule has 0 aromatic carbocycles. The Morgan fingerprint density at radius 3 is 1.54 bits per heavy atom. The first-order chi connectivity index (χ1) is 12.1. The summed E-state index contributed by atoms with van der Waals surface area (Å²) in [7, 11) is 0. The Labute approximate surface area is 144 Å². The Hall–Kier alpha value is -1.81. The molecule has 0 spiro atoms. The van der Waals surface area contributed by atoms with E-state index in [-0.39, 0.29) is 6.08 Å². The molecule has 166 valence electrons. The first kappa shape index (κ1) is 26.2. The van der Waals surface area contributed by atoms with Crippen LogP contribution in [0.15, 0.2) is 12.7 Å². The molecule has 0 saturated carbocycles. The van der Waals surface area contributed by atoms with E-state index in [1.807, 2.05) is 0 Å². The summed E-state index contributed by atoms with van der Waals surface area (Å²) in [6, 6.07) is 0. The summed E-state index contributed by atoms with van der Waals surface area (Å²) >= 11 is 0. The molecule has 0 aliphatic carbocycles. The van der Waals surface area contributed by atoms with Gasteiger partial charge in [0.05, 0.1) is 0 Å². The van der Waals surface area contributed by atoms with Crippen LogP contribution in [0.4, 0.5) is 61.5 Å². The van der Waals surface area contributed by atoms with Crippen molar-refractivity contribution in [2.24, 2.45) is 0 Å². The molecule has 0 radical (unpaired) electrons. The molecule has 0 fully saturated rings. The number of carbonyl (C=O) groups is 1. The molecule has 0 aromatic heterocycles. The van der Waals surface area contributed by atoms with Crippen molar-refractivity contribution in [2.45, 2.75) is 42.3 Å². The van der Waals surface area contributed by atoms with E-state index in [4.69, 9.17) is 0 Å². The average molecular weight is 452 g/mol. The Morgan fingerprint density at radius 1 is 0.786 bits per heavy atom. The molecule has 0 N–H and O–H groups in total. The number of hydrogen-bond donors (Lipinski definition) is 0. The quantitative estimate of drug-likeness (QED) is 0.304. The molecule has 0 aliphatic heterocycles. The highest BCUT2D eigenvalue weighted by Gasteiger charge is 2.88. The largest absolute Gasteiger partial charge is 0.460 e. The molecule has 1 unspecified atom stereocenters. The van der Waals surface area contributed by atoms with Crippen molar-refractivity contribution in [3.63, 3.8) is 0 Å². The van der Waals surface area contributed by atoms with E-state index in [9.17, 15) is 66.3 Å². The van der Waals surface area contributed by atoms with Gasteiger partial charge in [-0.05, 0) is 0 Å². The van der Waals surface area contributed by atoms with E-state index in [0.29, 0.717) is 0 Å². The third kappa shape index (κ3) is 4.78. The maximum Gasteiger partial charge on any atom is 0.460 e. The zero-order valence-corrected chi connectivity index (χ0v) is 12.6. The second-order valence-corrected chi connectivity index (χ2v) is 4.72. The Balaban J connectivity index is 5.97. The SMILES string of the molecule is C=CC(=O)OCC(OC(F)(F)C(F)(F)C(F)(F)C(F)(F)C(F)(F)F)C(F)(F)F. The molecule has 1 atom stereocenters. The van der Waals surface area contributed by atoms with Gasteiger partial charge in [0.25, 0.3) is 0 Å². The molecule has 0 amide bonds. The van der Waals surface area contributed by atoms with Crippen molar-refractivity contribution in [1.82, 2.24) is 0 Å². The maximum absolute atomic E-state index is 13.2. The van der Waals surface area contributed by atoms with Gasteiger partial charge in [0.2, 0.25) is 0 Å². The minimum atomic E-state index is -7.95. The maximum atomic E-state index is 13.2. The predicted octanol–water partition coefficient (Wildman–Crippen LogP) is 4.72. The molecule has 0 saturated heterocycles. The van der Waals surface area contributed by atoms with Crippen LogP contribution in [0.2, 0.25) is 0 Å². The molecular weight excluding hydrogens is 446 g/mol. The Morgan fingerprint density at radius 2 is 1.21 bits per heavy atom. The summed E-state index contributed by atoms with van der Waals surface area (Å²) in [6.07, 6.45) is -25.0. The number of hydrogen-bond acceptors (Lipinski definition) is 3. The first-order valence-corrected chi connectivity index (χ1v) is 6.18. The van der Waals surface area contributed by atoms with Gasteiger partial charge in [-0.25, -0.2) is 4.79 Å². The monoisotopic (exact) mass is 452 g/mol. The van der Waals surface area contributed by atoms with E-state index in [1.165, 1.54) is 0 Å². The predicted molar refractivity (Wildman–Crippen MR) is 57.9 cm³/mol. The van der Waals surface area contributed by atoms with Crippen molar-refractivity contribution in [2.75, 3.05) is 6.61 Å². The molecule has 17 heteroatoms. The number of ether oxygens (including phenoxy) is 2. The van der Waals surface area contributed by atoms with E-state index >= 15 is 0 Å². The average Bonchev–Trinajstić information content (AvgIpc) is 2.47. The summed E-state index contributed by atoms with van der Waals surface area (Å²) in [4.78, 5) is 10.6. The van der Waals surface area contributed by atoms with Crippen LogP contribution >= 0.6 is 0 Å². The van der Waals surface area contributed by atoms with Gasteiger partial charge in [0.1, 0.15) is 6.61 Å². The van der Waals surface area contributed by atoms with Crippen molar-refractivity contribution in [3.05, 3.63) is 12.7 Å². The van der Waals surface area contributed by atoms with E-state index in [2.05, 4.69) is 16.1 Å². The fourth-order valence-corrected chi connectivity index (χ4v) is 1.22. The van der Waals surface area contributed by atoms with Gasteiger partial charge in [0.15, 0.2) is 6.10 Å². The Bertz CT molecular complexity index is 576. The van der Waals surface area contributed by atoms with E-state index in [0.717, 1.165) is 0 Å². The van der Waals surface area contributed by atoms with Crippen LogP contribution in [0.3, 0.4) is 0 Å². The van der Waals surface area contributed by atoms with Crippen LogP contribution in [-0.4, -0.2) is 54.9 Å². The van der Waals surface area contributed by atoms with Crippen LogP contribution in [0, 0.1) is 0 Å². The molecule has 0 heterocycles. The highest BCUT2D eigenvalue weighted by atomic mass is 19.4. The summed E-state index contributed by atoms with van der Waals surface area (Å²) in [6.45, 7) is 0.269. The fraction of sp³-hybridized carbons (Fsp3) is 0.727. The third-order valence-electron chi connectivity index (χ3n) is 2.71. The number of carbonyl (C=O) groups excluding carboxylic acids is 1. The van der Waals surface area contributed by atoms with Crippen molar-refractivity contribution < 1.29 is 75.7 Å². The van der Waals surface area contributed by atoms with Crippen molar-refractivity contribution >= 4 is 5.97 Å². The lowest BCUT2D eigenvalue weighted by Crippen LogP contribution is -2.67. The van der Waals surface area contributed by atoms with Gasteiger partial charge in [-0.1, -0.05) is 6.58 Å². The topological polar surface area (TPSA) is 35.5 Å². The number of esters is 1. The normalized spacial score (nSPS) is 15.9. The van der Waals surface area contributed by atoms with Crippen LogP contribution < -0.4 is 0 Å². The summed E-state index contributed by atoms with van der Waals surface area (Å²) in [5, 5.41) is 0. The summed E-state index contributed by atoms with van der Waals surface area (Å²) in [5.41, 5.74) is 0. The summed E-state index contributed by atoms with van der Waals surface area (Å²) in [5.74, 6) is -25.3. The van der Waals surface area contributed by atoms with Gasteiger partial charge >= 0.3 is 42.2 Å². The molecule has 0 aromatic rings. The highest BCUT2D eigenvalue weighted by Crippen LogP contribution is 2.57. The van der Waals surface area contributed by atoms with Gasteiger partial charge in [-0.2, -0.15) is 61.5 Å². The lowest BCUT2D eigenvalue weighted by molar-refractivity contribution is -0.469. The van der Waals surface area contributed by atoms with E-state index in [1.54, 1.807) is 0 Å². The molecule has 0 bridgehead atoms. The molecular formula is C11H6F14O3. The summed E-state index contributed by atoms with van der Waals surface area (Å²) < 4.78 is 182. The number of alkyl halides is 14. The smallest absolute Gasteiger partial charge is 0.459 e. The zero-order chi connectivity index (χ0) is 23.0. The first-order valence-electron chi connectivity index (χ1n) is 6.18. The van der Waals surface area contributed by atoms with Gasteiger partial charge in [-0.15, -0.1) is 0 Å². The molecule has 3 nitrogen and oxygen atoms in total. The van der Waals surface area contributed by atoms with Gasteiger partial charge in [0, 0.05) is 6.08 Å². The van der Waals surface area contributed by atoms with Crippen LogP contribution in [-0.2, 0) is 14.3 Å². The molecule has 0 rings (SSSR count). The lowest BCUT2D eigenvalue weighted by Gasteiger charge is -2.37. The third-order valence-corrected chi connectivity index (χ3v) is 2.71. The van der Waals surface area contributed by atoms with E-state index < -0.39 is 54.9 Å². The lowest BCUT2D eigenvalue weighted by atomic mass is 10.0. The van der Waals surface area contributed by atoms with Crippen LogP contribution in [0.1, 0.15) is 0 Å². The minimum Gasteiger partial charge on any atom is -0.459 e. The van der Waals surface area contributed by atoms with Crippen LogP contribution in [0.5, 0.6) is 0 Å². The number of rotatable bonds is 8. The molecule has 0 aliphatic rings. The van der Waals surface area contributed by atoms with Crippen molar-refractivity contribution in [3.8, 4) is 0 Å². The standard InChI is InChI=1S/C11H6F14O3/c1-2-5(26)27-3-4(6(12,13)14)28-11(24,25)9(19,20)7(15,16)8(17,18)10(21,22)23/h2,4H,1,3H2. The fourth-order valence-electron chi connectivity index (χ4n) is 1.22. The highest BCUT2D eigenvalue weighted by molar-refractivity contribution is 5.81. The zero-order valence-electron chi connectivity index (χ0n) is 12.6. The van der Waals surface area contributed by atoms with Crippen LogP contribution in [0.25, 0.3) is 0 Å².